The molecule has 3 aromatic rings. The van der Waals surface area contributed by atoms with E-state index >= 15 is 0 Å². The van der Waals surface area contributed by atoms with E-state index in [-0.39, 0.29) is 12.5 Å². The maximum atomic E-state index is 12.0. The number of carbonyl (C=O) groups is 1. The van der Waals surface area contributed by atoms with Crippen LogP contribution in [-0.4, -0.2) is 26.1 Å². The van der Waals surface area contributed by atoms with Crippen molar-refractivity contribution in [3.05, 3.63) is 70.5 Å². The van der Waals surface area contributed by atoms with Crippen LogP contribution in [0.3, 0.4) is 0 Å². The van der Waals surface area contributed by atoms with Gasteiger partial charge in [0.25, 0.3) is 5.91 Å². The van der Waals surface area contributed by atoms with Gasteiger partial charge in [-0.2, -0.15) is 4.68 Å². The van der Waals surface area contributed by atoms with E-state index in [9.17, 15) is 4.79 Å². The third-order valence-corrected chi connectivity index (χ3v) is 3.52. The molecule has 0 aliphatic rings. The minimum absolute atomic E-state index is 0.163. The summed E-state index contributed by atoms with van der Waals surface area (Å²) in [7, 11) is 0. The molecule has 1 heterocycles. The predicted octanol–water partition coefficient (Wildman–Crippen LogP) is 2.35. The molecular weight excluding hydrogens is 346 g/mol. The quantitative estimate of drug-likeness (QED) is 0.777. The fraction of sp³-hybridized carbons (Fsp3) is 0.0667. The van der Waals surface area contributed by atoms with Crippen molar-refractivity contribution in [3.8, 4) is 5.69 Å². The number of carbonyl (C=O) groups excluding carboxylic acids is 1. The first-order valence-corrected chi connectivity index (χ1v) is 7.40. The van der Waals surface area contributed by atoms with Gasteiger partial charge in [-0.15, -0.1) is 5.10 Å². The van der Waals surface area contributed by atoms with Crippen LogP contribution in [0.4, 0.5) is 0 Å². The maximum absolute atomic E-state index is 12.0. The van der Waals surface area contributed by atoms with Crippen LogP contribution in [0.5, 0.6) is 0 Å². The Morgan fingerprint density at radius 1 is 1.14 bits per heavy atom. The van der Waals surface area contributed by atoms with Gasteiger partial charge in [0.15, 0.2) is 5.82 Å². The highest BCUT2D eigenvalue weighted by molar-refractivity contribution is 9.10. The number of nitrogens with one attached hydrogen (secondary N) is 1. The highest BCUT2D eigenvalue weighted by Crippen LogP contribution is 2.15. The van der Waals surface area contributed by atoms with Gasteiger partial charge in [0.2, 0.25) is 0 Å². The zero-order chi connectivity index (χ0) is 15.4. The molecule has 1 N–H and O–H groups in total. The van der Waals surface area contributed by atoms with Gasteiger partial charge < -0.3 is 5.32 Å². The number of amides is 1. The van der Waals surface area contributed by atoms with E-state index in [2.05, 4.69) is 36.8 Å². The SMILES string of the molecule is O=C(NCc1nnnn1-c1cccc(Br)c1)c1ccccc1. The molecule has 1 amide bonds. The number of hydrogen-bond acceptors (Lipinski definition) is 4. The average molecular weight is 358 g/mol. The third kappa shape index (κ3) is 3.20. The summed E-state index contributed by atoms with van der Waals surface area (Å²) in [6.45, 7) is 0.243. The Hall–Kier alpha value is -2.54. The maximum Gasteiger partial charge on any atom is 0.251 e. The molecule has 2 aromatic carbocycles. The lowest BCUT2D eigenvalue weighted by Crippen LogP contribution is -2.24. The number of nitrogens with zero attached hydrogens (tertiary/aromatic N) is 4. The number of aromatic nitrogens is 4. The molecule has 0 aliphatic heterocycles. The fourth-order valence-corrected chi connectivity index (χ4v) is 2.36. The molecule has 3 rings (SSSR count). The number of benzene rings is 2. The molecule has 6 nitrogen and oxygen atoms in total. The van der Waals surface area contributed by atoms with E-state index in [0.717, 1.165) is 10.2 Å². The Labute approximate surface area is 135 Å². The van der Waals surface area contributed by atoms with Crippen molar-refractivity contribution >= 4 is 21.8 Å². The summed E-state index contributed by atoms with van der Waals surface area (Å²) < 4.78 is 2.52. The van der Waals surface area contributed by atoms with E-state index in [4.69, 9.17) is 0 Å². The Morgan fingerprint density at radius 2 is 1.95 bits per heavy atom. The van der Waals surface area contributed by atoms with Gasteiger partial charge in [-0.05, 0) is 40.8 Å². The second kappa shape index (κ2) is 6.48. The lowest BCUT2D eigenvalue weighted by molar-refractivity contribution is 0.0949. The second-order valence-corrected chi connectivity index (χ2v) is 5.45. The highest BCUT2D eigenvalue weighted by atomic mass is 79.9. The van der Waals surface area contributed by atoms with E-state index in [1.54, 1.807) is 16.8 Å². The van der Waals surface area contributed by atoms with E-state index < -0.39 is 0 Å². The minimum atomic E-state index is -0.163. The lowest BCUT2D eigenvalue weighted by atomic mass is 10.2. The Balaban J connectivity index is 1.75. The Morgan fingerprint density at radius 3 is 2.73 bits per heavy atom. The van der Waals surface area contributed by atoms with Crippen molar-refractivity contribution in [1.29, 1.82) is 0 Å². The normalized spacial score (nSPS) is 10.4. The molecule has 110 valence electrons. The first kappa shape index (κ1) is 14.4. The molecule has 0 bridgehead atoms. The van der Waals surface area contributed by atoms with Crippen LogP contribution in [-0.2, 0) is 6.54 Å². The first-order valence-electron chi connectivity index (χ1n) is 6.60. The summed E-state index contributed by atoms with van der Waals surface area (Å²) in [5.41, 5.74) is 1.42. The standard InChI is InChI=1S/C15H12BrN5O/c16-12-7-4-8-13(9-12)21-14(18-19-20-21)10-17-15(22)11-5-2-1-3-6-11/h1-9H,10H2,(H,17,22). The van der Waals surface area contributed by atoms with Gasteiger partial charge in [0, 0.05) is 10.0 Å². The van der Waals surface area contributed by atoms with Crippen molar-refractivity contribution in [2.45, 2.75) is 6.54 Å². The highest BCUT2D eigenvalue weighted by Gasteiger charge is 2.11. The third-order valence-electron chi connectivity index (χ3n) is 3.03. The molecule has 1 aromatic heterocycles. The smallest absolute Gasteiger partial charge is 0.251 e. The Bertz CT molecular complexity index is 787. The van der Waals surface area contributed by atoms with E-state index in [0.29, 0.717) is 11.4 Å². The molecule has 0 atom stereocenters. The molecule has 22 heavy (non-hydrogen) atoms. The van der Waals surface area contributed by atoms with Gasteiger partial charge in [-0.25, -0.2) is 0 Å². The molecule has 0 unspecified atom stereocenters. The van der Waals surface area contributed by atoms with Crippen LogP contribution >= 0.6 is 15.9 Å². The second-order valence-electron chi connectivity index (χ2n) is 4.54. The van der Waals surface area contributed by atoms with Crippen LogP contribution in [0.25, 0.3) is 5.69 Å². The average Bonchev–Trinajstić information content (AvgIpc) is 3.02. The molecular formula is C15H12BrN5O. The lowest BCUT2D eigenvalue weighted by Gasteiger charge is -2.06. The van der Waals surface area contributed by atoms with Gasteiger partial charge in [0.05, 0.1) is 12.2 Å². The molecule has 0 aliphatic carbocycles. The van der Waals surface area contributed by atoms with Crippen LogP contribution < -0.4 is 5.32 Å². The molecule has 7 heteroatoms. The zero-order valence-electron chi connectivity index (χ0n) is 11.5. The number of hydrogen-bond donors (Lipinski definition) is 1. The van der Waals surface area contributed by atoms with Gasteiger partial charge >= 0.3 is 0 Å². The number of rotatable bonds is 4. The summed E-state index contributed by atoms with van der Waals surface area (Å²) >= 11 is 3.41. The fourth-order valence-electron chi connectivity index (χ4n) is 1.98. The summed E-state index contributed by atoms with van der Waals surface area (Å²) in [5.74, 6) is 0.395. The zero-order valence-corrected chi connectivity index (χ0v) is 13.1. The van der Waals surface area contributed by atoms with E-state index in [1.165, 1.54) is 0 Å². The summed E-state index contributed by atoms with van der Waals surface area (Å²) in [6.07, 6.45) is 0. The molecule has 0 fully saturated rings. The minimum Gasteiger partial charge on any atom is -0.345 e. The summed E-state index contributed by atoms with van der Waals surface area (Å²) in [5, 5.41) is 14.4. The van der Waals surface area contributed by atoms with Crippen LogP contribution in [0.1, 0.15) is 16.2 Å². The van der Waals surface area contributed by atoms with Crippen molar-refractivity contribution in [2.24, 2.45) is 0 Å². The van der Waals surface area contributed by atoms with Crippen LogP contribution in [0.2, 0.25) is 0 Å². The van der Waals surface area contributed by atoms with Gasteiger partial charge in [-0.3, -0.25) is 4.79 Å². The van der Waals surface area contributed by atoms with Crippen LogP contribution in [0, 0.1) is 0 Å². The number of halogens is 1. The van der Waals surface area contributed by atoms with Crippen molar-refractivity contribution in [3.63, 3.8) is 0 Å². The van der Waals surface area contributed by atoms with Crippen molar-refractivity contribution in [1.82, 2.24) is 25.5 Å². The van der Waals surface area contributed by atoms with Crippen LogP contribution in [0.15, 0.2) is 59.1 Å². The summed E-state index contributed by atoms with van der Waals surface area (Å²) in [4.78, 5) is 12.0. The van der Waals surface area contributed by atoms with E-state index in [1.807, 2.05) is 42.5 Å². The largest absolute Gasteiger partial charge is 0.345 e. The Kier molecular flexibility index (Phi) is 4.24. The van der Waals surface area contributed by atoms with Crippen molar-refractivity contribution in [2.75, 3.05) is 0 Å². The topological polar surface area (TPSA) is 72.7 Å². The van der Waals surface area contributed by atoms with Crippen molar-refractivity contribution < 1.29 is 4.79 Å². The van der Waals surface area contributed by atoms with Gasteiger partial charge in [-0.1, -0.05) is 40.2 Å². The number of tetrazole rings is 1. The first-order chi connectivity index (χ1) is 10.7. The molecule has 0 radical (unpaired) electrons. The molecule has 0 spiro atoms. The molecule has 0 saturated carbocycles. The molecule has 0 saturated heterocycles. The van der Waals surface area contributed by atoms with Gasteiger partial charge in [0.1, 0.15) is 0 Å². The summed E-state index contributed by atoms with van der Waals surface area (Å²) in [6, 6.07) is 16.6. The predicted molar refractivity (Wildman–Crippen MR) is 84.5 cm³/mol. The monoisotopic (exact) mass is 357 g/mol.